The molecule has 3 aromatic carbocycles. The first-order valence-electron chi connectivity index (χ1n) is 21.8. The molecule has 2 unspecified atom stereocenters. The van der Waals surface area contributed by atoms with Crippen molar-refractivity contribution in [1.29, 1.82) is 0 Å². The van der Waals surface area contributed by atoms with Crippen LogP contribution in [0.15, 0.2) is 143 Å². The van der Waals surface area contributed by atoms with Crippen LogP contribution in [-0.4, -0.2) is 0 Å². The maximum absolute atomic E-state index is 2.44. The number of benzene rings is 3. The Hall–Kier alpha value is -4.68. The summed E-state index contributed by atoms with van der Waals surface area (Å²) in [6.45, 7) is 22.0. The zero-order valence-corrected chi connectivity index (χ0v) is 36.8. The Morgan fingerprint density at radius 2 is 0.877 bits per heavy atom. The van der Waals surface area contributed by atoms with Crippen LogP contribution in [0.4, 0.5) is 0 Å². The van der Waals surface area contributed by atoms with E-state index in [0.29, 0.717) is 0 Å². The van der Waals surface area contributed by atoms with Gasteiger partial charge in [-0.15, -0.1) is 0 Å². The van der Waals surface area contributed by atoms with Gasteiger partial charge in [-0.05, 0) is 172 Å². The van der Waals surface area contributed by atoms with E-state index < -0.39 is 0 Å². The molecule has 2 fully saturated rings. The van der Waals surface area contributed by atoms with E-state index in [1.807, 2.05) is 0 Å². The smallest absolute Gasteiger partial charge is 0.00606 e. The van der Waals surface area contributed by atoms with Crippen molar-refractivity contribution in [3.63, 3.8) is 0 Å². The molecule has 0 saturated heterocycles. The second-order valence-corrected chi connectivity index (χ2v) is 18.4. The molecule has 0 heterocycles. The number of rotatable bonds is 0. The Kier molecular flexibility index (Phi) is 14.1. The maximum Gasteiger partial charge on any atom is -0.00606 e. The topological polar surface area (TPSA) is 0 Å². The van der Waals surface area contributed by atoms with Gasteiger partial charge in [0.15, 0.2) is 0 Å². The minimum absolute atomic E-state index is 1.02. The molecule has 0 bridgehead atoms. The normalized spacial score (nSPS) is 21.2. The van der Waals surface area contributed by atoms with Crippen molar-refractivity contribution in [2.24, 2.45) is 23.7 Å². The molecule has 0 nitrogen and oxygen atoms in total. The van der Waals surface area contributed by atoms with Crippen LogP contribution in [0.3, 0.4) is 0 Å². The van der Waals surface area contributed by atoms with Crippen molar-refractivity contribution in [1.82, 2.24) is 0 Å². The van der Waals surface area contributed by atoms with Gasteiger partial charge in [0, 0.05) is 0 Å². The highest BCUT2D eigenvalue weighted by molar-refractivity contribution is 5.83. The minimum atomic E-state index is 1.02. The lowest BCUT2D eigenvalue weighted by Crippen LogP contribution is -2.04. The Labute approximate surface area is 346 Å². The first kappa shape index (κ1) is 41.9. The highest BCUT2D eigenvalue weighted by Gasteiger charge is 2.33. The molecule has 296 valence electrons. The summed E-state index contributed by atoms with van der Waals surface area (Å²) in [5, 5.41) is 2.67. The molecule has 10 rings (SSSR count). The Morgan fingerprint density at radius 3 is 1.40 bits per heavy atom. The Bertz CT molecular complexity index is 2170. The van der Waals surface area contributed by atoms with E-state index in [1.54, 1.807) is 0 Å². The molecule has 0 radical (unpaired) electrons. The third-order valence-electron chi connectivity index (χ3n) is 12.5. The summed E-state index contributed by atoms with van der Waals surface area (Å²) in [7, 11) is 0. The summed E-state index contributed by atoms with van der Waals surface area (Å²) in [5.41, 5.74) is 19.2. The fourth-order valence-corrected chi connectivity index (χ4v) is 9.44. The SMILES string of the molecule is CC1=CC2=CC(C)=CC2=C1.CC1=Cc2cc(C)ccc2C1.CC1CCC2CC(C)CC2CC1.Cc1ccc2cc(C)cc-2cc1.Cc1ccc2cc(C)ccc2c1. The van der Waals surface area contributed by atoms with Crippen molar-refractivity contribution in [3.8, 4) is 11.1 Å². The van der Waals surface area contributed by atoms with Gasteiger partial charge in [-0.1, -0.05) is 176 Å². The van der Waals surface area contributed by atoms with Crippen molar-refractivity contribution < 1.29 is 0 Å². The Balaban J connectivity index is 0.000000121. The molecule has 0 heteroatoms. The standard InChI is InChI=1S/C12H12.C12H22.C12H12.C11H12.C10H10/c1-9-3-5-12-8-10(2)4-6-11(12)7-9;2*1-9-3-5-11-7-10(2)8-12(11)6-4-9;1-8-3-4-10-6-9(2)7-11(10)5-8;1-7-3-9-5-8(2)6-10(9)4-7/h3-8H,1-2H3;9-12H,3-8H2,1-2H3;3-8H,1-2H3;3-5,7H,6H2,1-2H3;3-6H,1-2H3. The second kappa shape index (κ2) is 19.2. The lowest BCUT2D eigenvalue weighted by atomic mass is 9.92. The second-order valence-electron chi connectivity index (χ2n) is 18.4. The third-order valence-corrected chi connectivity index (χ3v) is 12.5. The number of hydrogen-bond acceptors (Lipinski definition) is 0. The molecule has 7 aliphatic carbocycles. The zero-order valence-electron chi connectivity index (χ0n) is 36.8. The van der Waals surface area contributed by atoms with Crippen molar-refractivity contribution >= 4 is 16.8 Å². The highest BCUT2D eigenvalue weighted by atomic mass is 14.4. The first-order valence-corrected chi connectivity index (χ1v) is 21.8. The molecule has 0 amide bonds. The molecule has 2 saturated carbocycles. The van der Waals surface area contributed by atoms with Crippen LogP contribution in [0.25, 0.3) is 28.0 Å². The van der Waals surface area contributed by atoms with E-state index in [0.717, 1.165) is 30.1 Å². The molecular formula is C57H68. The van der Waals surface area contributed by atoms with Crippen LogP contribution in [0.2, 0.25) is 0 Å². The summed E-state index contributed by atoms with van der Waals surface area (Å²) >= 11 is 0. The minimum Gasteiger partial charge on any atom is -0.0683 e. The quantitative estimate of drug-likeness (QED) is 0.148. The van der Waals surface area contributed by atoms with Gasteiger partial charge >= 0.3 is 0 Å². The monoisotopic (exact) mass is 753 g/mol. The predicted molar refractivity (Wildman–Crippen MR) is 251 cm³/mol. The van der Waals surface area contributed by atoms with E-state index in [9.17, 15) is 0 Å². The van der Waals surface area contributed by atoms with Gasteiger partial charge < -0.3 is 0 Å². The molecule has 0 spiro atoms. The molecule has 0 N–H and O–H groups in total. The van der Waals surface area contributed by atoms with Crippen LogP contribution < -0.4 is 0 Å². The molecule has 3 aromatic rings. The summed E-state index contributed by atoms with van der Waals surface area (Å²) in [4.78, 5) is 0. The lowest BCUT2D eigenvalue weighted by Gasteiger charge is -2.14. The van der Waals surface area contributed by atoms with Crippen molar-refractivity contribution in [2.45, 2.75) is 114 Å². The van der Waals surface area contributed by atoms with Crippen LogP contribution in [0.5, 0.6) is 0 Å². The van der Waals surface area contributed by atoms with Gasteiger partial charge in [-0.25, -0.2) is 0 Å². The van der Waals surface area contributed by atoms with Crippen LogP contribution in [0.1, 0.15) is 112 Å². The molecule has 7 aliphatic rings. The van der Waals surface area contributed by atoms with E-state index in [1.165, 1.54) is 127 Å². The predicted octanol–water partition coefficient (Wildman–Crippen LogP) is 16.4. The van der Waals surface area contributed by atoms with Crippen molar-refractivity contribution in [2.75, 3.05) is 0 Å². The van der Waals surface area contributed by atoms with Gasteiger partial charge in [0.25, 0.3) is 0 Å². The van der Waals surface area contributed by atoms with Crippen molar-refractivity contribution in [3.05, 3.63) is 182 Å². The van der Waals surface area contributed by atoms with E-state index >= 15 is 0 Å². The summed E-state index contributed by atoms with van der Waals surface area (Å²) in [6, 6.07) is 32.9. The molecule has 0 aromatic heterocycles. The van der Waals surface area contributed by atoms with E-state index in [-0.39, 0.29) is 0 Å². The van der Waals surface area contributed by atoms with Gasteiger partial charge in [0.05, 0.1) is 0 Å². The van der Waals surface area contributed by atoms with Gasteiger partial charge in [-0.3, -0.25) is 0 Å². The van der Waals surface area contributed by atoms with Gasteiger partial charge in [0.2, 0.25) is 0 Å². The fourth-order valence-electron chi connectivity index (χ4n) is 9.44. The van der Waals surface area contributed by atoms with Crippen LogP contribution in [0, 0.1) is 58.3 Å². The highest BCUT2D eigenvalue weighted by Crippen LogP contribution is 2.44. The summed E-state index contributed by atoms with van der Waals surface area (Å²) in [5.74, 6) is 4.29. The summed E-state index contributed by atoms with van der Waals surface area (Å²) < 4.78 is 0. The van der Waals surface area contributed by atoms with Gasteiger partial charge in [0.1, 0.15) is 0 Å². The van der Waals surface area contributed by atoms with E-state index in [4.69, 9.17) is 0 Å². The maximum atomic E-state index is 2.44. The number of hydrogen-bond donors (Lipinski definition) is 0. The first-order chi connectivity index (χ1) is 27.3. The largest absolute Gasteiger partial charge is 0.0683 e. The van der Waals surface area contributed by atoms with Crippen LogP contribution in [-0.2, 0) is 6.42 Å². The van der Waals surface area contributed by atoms with Gasteiger partial charge in [-0.2, -0.15) is 0 Å². The molecular weight excluding hydrogens is 685 g/mol. The number of aryl methyl sites for hydroxylation is 5. The average Bonchev–Trinajstić information content (AvgIpc) is 3.94. The lowest BCUT2D eigenvalue weighted by molar-refractivity contribution is 0.367. The fraction of sp³-hybridized carbons (Fsp3) is 0.368. The molecule has 57 heavy (non-hydrogen) atoms. The molecule has 0 aliphatic heterocycles. The Morgan fingerprint density at radius 1 is 0.404 bits per heavy atom. The number of fused-ring (bicyclic) bond motifs is 5. The number of allylic oxidation sites excluding steroid dienone is 9. The average molecular weight is 753 g/mol. The third kappa shape index (κ3) is 11.9. The zero-order chi connectivity index (χ0) is 40.6. The molecule has 2 atom stereocenters. The van der Waals surface area contributed by atoms with E-state index in [2.05, 4.69) is 191 Å². The van der Waals surface area contributed by atoms with Crippen LogP contribution >= 0.6 is 0 Å². The summed E-state index contributed by atoms with van der Waals surface area (Å²) in [6.07, 6.45) is 21.5.